The van der Waals surface area contributed by atoms with Gasteiger partial charge in [0.2, 0.25) is 11.7 Å². The number of anilines is 1. The van der Waals surface area contributed by atoms with E-state index >= 15 is 0 Å². The normalized spacial score (nSPS) is 11.5. The number of fused-ring (bicyclic) bond motifs is 2. The van der Waals surface area contributed by atoms with Gasteiger partial charge in [0.1, 0.15) is 11.6 Å². The van der Waals surface area contributed by atoms with Crippen molar-refractivity contribution in [1.82, 2.24) is 24.7 Å². The highest BCUT2D eigenvalue weighted by Crippen LogP contribution is 2.27. The number of pyridine rings is 1. The van der Waals surface area contributed by atoms with Gasteiger partial charge in [0.25, 0.3) is 0 Å². The molecule has 0 bridgehead atoms. The maximum Gasteiger partial charge on any atom is 0.338 e. The Hall–Kier alpha value is -4.27. The average Bonchev–Trinajstić information content (AvgIpc) is 3.41. The minimum atomic E-state index is -0.340. The van der Waals surface area contributed by atoms with Crippen LogP contribution in [0.15, 0.2) is 53.2 Å². The summed E-state index contributed by atoms with van der Waals surface area (Å²) in [6.07, 6.45) is 2.30. The van der Waals surface area contributed by atoms with Crippen LogP contribution in [-0.2, 0) is 18.2 Å². The van der Waals surface area contributed by atoms with Crippen molar-refractivity contribution in [3.8, 4) is 11.4 Å². The third-order valence-corrected chi connectivity index (χ3v) is 5.74. The molecule has 3 aromatic heterocycles. The molecule has 2 aromatic carbocycles. The quantitative estimate of drug-likeness (QED) is 0.341. The lowest BCUT2D eigenvalue weighted by molar-refractivity contribution is 0.0378. The fraction of sp³-hybridized carbons (Fsp3) is 0.269. The number of carbonyl (C=O) groups excluding carboxylic acids is 1. The number of rotatable bonds is 7. The number of hydrogen-bond acceptors (Lipinski definition) is 8. The van der Waals surface area contributed by atoms with Crippen molar-refractivity contribution in [2.24, 2.45) is 7.05 Å². The molecule has 0 radical (unpaired) electrons. The smallest absolute Gasteiger partial charge is 0.338 e. The molecule has 35 heavy (non-hydrogen) atoms. The van der Waals surface area contributed by atoms with Crippen LogP contribution in [0.1, 0.15) is 35.9 Å². The largest absolute Gasteiger partial charge is 0.459 e. The molecule has 0 aliphatic carbocycles. The SMILES string of the molecule is Cc1nc(-c2ccc3ccnc(NCCc4nc5cc(C(=O)OC(C)C)ccc5n4C)c3c2)no1. The highest BCUT2D eigenvalue weighted by atomic mass is 16.5. The van der Waals surface area contributed by atoms with E-state index in [0.717, 1.165) is 39.0 Å². The number of benzene rings is 2. The molecule has 1 N–H and O–H groups in total. The van der Waals surface area contributed by atoms with Crippen LogP contribution in [0.3, 0.4) is 0 Å². The predicted molar refractivity (Wildman–Crippen MR) is 133 cm³/mol. The van der Waals surface area contributed by atoms with E-state index in [-0.39, 0.29) is 12.1 Å². The Balaban J connectivity index is 1.34. The average molecular weight is 471 g/mol. The first-order chi connectivity index (χ1) is 16.9. The van der Waals surface area contributed by atoms with Crippen LogP contribution in [0.25, 0.3) is 33.2 Å². The van der Waals surface area contributed by atoms with Crippen molar-refractivity contribution in [1.29, 1.82) is 0 Å². The number of carbonyl (C=O) groups is 1. The number of esters is 1. The summed E-state index contributed by atoms with van der Waals surface area (Å²) in [5.74, 6) is 2.42. The standard InChI is InChI=1S/C26H26N6O3/c1-15(2)34-26(33)19-7-8-22-21(14-19)30-23(32(22)4)10-12-28-25-20-13-18(24-29-16(3)35-31-24)6-5-17(20)9-11-27-25/h5-9,11,13-15H,10,12H2,1-4H3,(H,27,28). The van der Waals surface area contributed by atoms with Crippen LogP contribution >= 0.6 is 0 Å². The zero-order chi connectivity index (χ0) is 24.5. The maximum absolute atomic E-state index is 12.3. The molecule has 0 aliphatic heterocycles. The van der Waals surface area contributed by atoms with Gasteiger partial charge in [-0.05, 0) is 49.6 Å². The monoisotopic (exact) mass is 470 g/mol. The fourth-order valence-electron chi connectivity index (χ4n) is 4.04. The summed E-state index contributed by atoms with van der Waals surface area (Å²) in [4.78, 5) is 25.9. The number of imidazole rings is 1. The van der Waals surface area contributed by atoms with Gasteiger partial charge in [-0.3, -0.25) is 0 Å². The molecule has 9 nitrogen and oxygen atoms in total. The fourth-order valence-corrected chi connectivity index (χ4v) is 4.04. The molecular formula is C26H26N6O3. The van der Waals surface area contributed by atoms with Crippen LogP contribution in [0.5, 0.6) is 0 Å². The lowest BCUT2D eigenvalue weighted by Gasteiger charge is -2.10. The Morgan fingerprint density at radius 2 is 2.00 bits per heavy atom. The number of nitrogens with zero attached hydrogens (tertiary/aromatic N) is 5. The van der Waals surface area contributed by atoms with E-state index in [1.54, 1.807) is 25.3 Å². The molecule has 0 saturated heterocycles. The minimum absolute atomic E-state index is 0.168. The summed E-state index contributed by atoms with van der Waals surface area (Å²) in [5, 5.41) is 9.50. The summed E-state index contributed by atoms with van der Waals surface area (Å²) in [7, 11) is 1.98. The molecule has 0 amide bonds. The van der Waals surface area contributed by atoms with Crippen molar-refractivity contribution in [3.05, 3.63) is 65.9 Å². The molecule has 0 spiro atoms. The van der Waals surface area contributed by atoms with E-state index < -0.39 is 0 Å². The van der Waals surface area contributed by atoms with Gasteiger partial charge >= 0.3 is 5.97 Å². The van der Waals surface area contributed by atoms with Crippen LogP contribution < -0.4 is 5.32 Å². The second-order valence-corrected chi connectivity index (χ2v) is 8.65. The van der Waals surface area contributed by atoms with E-state index in [9.17, 15) is 4.79 Å². The molecule has 3 heterocycles. The van der Waals surface area contributed by atoms with E-state index in [4.69, 9.17) is 14.2 Å². The number of aryl methyl sites for hydroxylation is 2. The van der Waals surface area contributed by atoms with Gasteiger partial charge in [-0.15, -0.1) is 0 Å². The second-order valence-electron chi connectivity index (χ2n) is 8.65. The summed E-state index contributed by atoms with van der Waals surface area (Å²) in [5.41, 5.74) is 3.10. The van der Waals surface area contributed by atoms with Crippen LogP contribution in [0.2, 0.25) is 0 Å². The van der Waals surface area contributed by atoms with Crippen molar-refractivity contribution in [2.45, 2.75) is 33.3 Å². The summed E-state index contributed by atoms with van der Waals surface area (Å²) in [6, 6.07) is 13.5. The minimum Gasteiger partial charge on any atom is -0.459 e. The Bertz CT molecular complexity index is 1540. The molecule has 5 rings (SSSR count). The molecular weight excluding hydrogens is 444 g/mol. The molecule has 5 aromatic rings. The van der Waals surface area contributed by atoms with E-state index in [1.807, 2.05) is 55.8 Å². The van der Waals surface area contributed by atoms with Crippen molar-refractivity contribution in [3.63, 3.8) is 0 Å². The van der Waals surface area contributed by atoms with Crippen molar-refractivity contribution >= 4 is 33.6 Å². The zero-order valence-electron chi connectivity index (χ0n) is 20.1. The second kappa shape index (κ2) is 9.17. The highest BCUT2D eigenvalue weighted by Gasteiger charge is 2.14. The first-order valence-corrected chi connectivity index (χ1v) is 11.5. The molecule has 0 fully saturated rings. The van der Waals surface area contributed by atoms with Gasteiger partial charge in [0.15, 0.2) is 0 Å². The van der Waals surface area contributed by atoms with Gasteiger partial charge < -0.3 is 19.1 Å². The van der Waals surface area contributed by atoms with Gasteiger partial charge in [0.05, 0.1) is 22.7 Å². The van der Waals surface area contributed by atoms with Crippen molar-refractivity contribution in [2.75, 3.05) is 11.9 Å². The van der Waals surface area contributed by atoms with Gasteiger partial charge in [0, 0.05) is 44.1 Å². The summed E-state index contributed by atoms with van der Waals surface area (Å²) < 4.78 is 12.5. The lowest BCUT2D eigenvalue weighted by atomic mass is 10.1. The Morgan fingerprint density at radius 1 is 1.14 bits per heavy atom. The number of ether oxygens (including phenoxy) is 1. The molecule has 0 unspecified atom stereocenters. The lowest BCUT2D eigenvalue weighted by Crippen LogP contribution is -2.11. The van der Waals surface area contributed by atoms with E-state index in [2.05, 4.69) is 20.4 Å². The number of hydrogen-bond donors (Lipinski definition) is 1. The number of aromatic nitrogens is 5. The topological polar surface area (TPSA) is 108 Å². The van der Waals surface area contributed by atoms with Crippen LogP contribution in [-0.4, -0.2) is 43.3 Å². The van der Waals surface area contributed by atoms with E-state index in [0.29, 0.717) is 30.2 Å². The molecule has 9 heteroatoms. The van der Waals surface area contributed by atoms with Gasteiger partial charge in [-0.25, -0.2) is 14.8 Å². The predicted octanol–water partition coefficient (Wildman–Crippen LogP) is 4.70. The Labute approximate surface area is 202 Å². The molecule has 0 saturated carbocycles. The van der Waals surface area contributed by atoms with Gasteiger partial charge in [-0.2, -0.15) is 4.98 Å². The van der Waals surface area contributed by atoms with Crippen LogP contribution in [0.4, 0.5) is 5.82 Å². The Kier molecular flexibility index (Phi) is 5.90. The zero-order valence-corrected chi connectivity index (χ0v) is 20.1. The van der Waals surface area contributed by atoms with Crippen LogP contribution in [0, 0.1) is 6.92 Å². The maximum atomic E-state index is 12.3. The molecule has 0 aliphatic rings. The third-order valence-electron chi connectivity index (χ3n) is 5.74. The first kappa shape index (κ1) is 22.5. The van der Waals surface area contributed by atoms with Gasteiger partial charge in [-0.1, -0.05) is 17.3 Å². The highest BCUT2D eigenvalue weighted by molar-refractivity contribution is 5.95. The first-order valence-electron chi connectivity index (χ1n) is 11.5. The van der Waals surface area contributed by atoms with E-state index in [1.165, 1.54) is 0 Å². The summed E-state index contributed by atoms with van der Waals surface area (Å²) in [6.45, 7) is 6.07. The third kappa shape index (κ3) is 4.57. The number of nitrogens with one attached hydrogen (secondary N) is 1. The molecule has 178 valence electrons. The molecule has 0 atom stereocenters. The Morgan fingerprint density at radius 3 is 2.77 bits per heavy atom. The summed E-state index contributed by atoms with van der Waals surface area (Å²) >= 11 is 0. The van der Waals surface area contributed by atoms with Crippen molar-refractivity contribution < 1.29 is 14.1 Å².